The van der Waals surface area contributed by atoms with Gasteiger partial charge in [0.1, 0.15) is 6.61 Å². The van der Waals surface area contributed by atoms with Crippen molar-refractivity contribution in [3.05, 3.63) is 70.2 Å². The van der Waals surface area contributed by atoms with Crippen LogP contribution in [0, 0.1) is 11.8 Å². The summed E-state index contributed by atoms with van der Waals surface area (Å²) < 4.78 is 5.08. The Hall–Kier alpha value is -2.77. The number of aldehydes is 1. The monoisotopic (exact) mass is 341 g/mol. The van der Waals surface area contributed by atoms with E-state index >= 15 is 0 Å². The summed E-state index contributed by atoms with van der Waals surface area (Å²) in [5.41, 5.74) is 1.99. The average Bonchev–Trinajstić information content (AvgIpc) is 2.61. The molecule has 0 unspecified atom stereocenters. The zero-order chi connectivity index (χ0) is 17.2. The number of carbonyl (C=O) groups excluding carboxylic acids is 2. The smallest absolute Gasteiger partial charge is 0.407 e. The van der Waals surface area contributed by atoms with E-state index in [2.05, 4.69) is 17.2 Å². The van der Waals surface area contributed by atoms with Crippen LogP contribution >= 0.6 is 11.6 Å². The summed E-state index contributed by atoms with van der Waals surface area (Å²) in [5, 5.41) is 3.14. The van der Waals surface area contributed by atoms with Crippen molar-refractivity contribution >= 4 is 24.0 Å². The SMILES string of the molecule is O=Cc1ccc(Cl)cc1C#CCCNC(=O)OCc1ccccc1. The first kappa shape index (κ1) is 17.6. The Bertz CT molecular complexity index is 763. The fraction of sp³-hybridized carbons (Fsp3) is 0.158. The molecule has 0 bridgehead atoms. The predicted octanol–water partition coefficient (Wildman–Crippen LogP) is 3.82. The third kappa shape index (κ3) is 5.79. The molecule has 0 aliphatic rings. The summed E-state index contributed by atoms with van der Waals surface area (Å²) in [5.74, 6) is 5.77. The molecule has 0 saturated heterocycles. The number of ether oxygens (including phenoxy) is 1. The van der Waals surface area contributed by atoms with E-state index < -0.39 is 6.09 Å². The van der Waals surface area contributed by atoms with Gasteiger partial charge in [0.05, 0.1) is 0 Å². The van der Waals surface area contributed by atoms with Gasteiger partial charge in [0.25, 0.3) is 0 Å². The third-order valence-electron chi connectivity index (χ3n) is 3.10. The zero-order valence-electron chi connectivity index (χ0n) is 12.9. The van der Waals surface area contributed by atoms with Gasteiger partial charge < -0.3 is 10.1 Å². The highest BCUT2D eigenvalue weighted by atomic mass is 35.5. The maximum Gasteiger partial charge on any atom is 0.407 e. The summed E-state index contributed by atoms with van der Waals surface area (Å²) in [6.45, 7) is 0.584. The van der Waals surface area contributed by atoms with Gasteiger partial charge in [0.2, 0.25) is 0 Å². The Morgan fingerprint density at radius 2 is 2.00 bits per heavy atom. The topological polar surface area (TPSA) is 55.4 Å². The van der Waals surface area contributed by atoms with E-state index in [1.807, 2.05) is 30.3 Å². The Labute approximate surface area is 145 Å². The lowest BCUT2D eigenvalue weighted by Gasteiger charge is -2.05. The number of nitrogens with one attached hydrogen (secondary N) is 1. The molecule has 0 atom stereocenters. The van der Waals surface area contributed by atoms with E-state index in [0.717, 1.165) is 11.8 Å². The van der Waals surface area contributed by atoms with Gasteiger partial charge in [-0.05, 0) is 23.8 Å². The number of carbonyl (C=O) groups is 2. The van der Waals surface area contributed by atoms with Gasteiger partial charge >= 0.3 is 6.09 Å². The van der Waals surface area contributed by atoms with Crippen molar-refractivity contribution in [1.82, 2.24) is 5.32 Å². The van der Waals surface area contributed by atoms with Crippen molar-refractivity contribution in [3.63, 3.8) is 0 Å². The first-order chi connectivity index (χ1) is 11.7. The van der Waals surface area contributed by atoms with E-state index in [1.165, 1.54) is 0 Å². The molecule has 2 rings (SSSR count). The fourth-order valence-electron chi connectivity index (χ4n) is 1.90. The fourth-order valence-corrected chi connectivity index (χ4v) is 2.07. The van der Waals surface area contributed by atoms with Gasteiger partial charge in [0, 0.05) is 29.1 Å². The lowest BCUT2D eigenvalue weighted by Crippen LogP contribution is -2.24. The van der Waals surface area contributed by atoms with Crippen molar-refractivity contribution in [2.45, 2.75) is 13.0 Å². The Morgan fingerprint density at radius 3 is 2.75 bits per heavy atom. The molecule has 0 fully saturated rings. The largest absolute Gasteiger partial charge is 0.445 e. The number of hydrogen-bond donors (Lipinski definition) is 1. The number of benzene rings is 2. The minimum atomic E-state index is -0.489. The third-order valence-corrected chi connectivity index (χ3v) is 3.33. The molecule has 0 aliphatic carbocycles. The Kier molecular flexibility index (Phi) is 6.88. The van der Waals surface area contributed by atoms with E-state index in [-0.39, 0.29) is 6.61 Å². The van der Waals surface area contributed by atoms with Crippen molar-refractivity contribution in [1.29, 1.82) is 0 Å². The molecule has 1 amide bonds. The second-order valence-corrected chi connectivity index (χ2v) is 5.33. The van der Waals surface area contributed by atoms with Crippen LogP contribution in [0.4, 0.5) is 4.79 Å². The van der Waals surface area contributed by atoms with Gasteiger partial charge in [-0.25, -0.2) is 4.79 Å². The lowest BCUT2D eigenvalue weighted by atomic mass is 10.1. The maximum atomic E-state index is 11.5. The van der Waals surface area contributed by atoms with Crippen LogP contribution in [0.1, 0.15) is 27.9 Å². The molecule has 24 heavy (non-hydrogen) atoms. The normalized spacial score (nSPS) is 9.54. The molecule has 0 aliphatic heterocycles. The first-order valence-corrected chi connectivity index (χ1v) is 7.75. The molecular formula is C19H16ClNO3. The summed E-state index contributed by atoms with van der Waals surface area (Å²) in [7, 11) is 0. The molecular weight excluding hydrogens is 326 g/mol. The molecule has 1 N–H and O–H groups in total. The van der Waals surface area contributed by atoms with Crippen LogP contribution < -0.4 is 5.32 Å². The highest BCUT2D eigenvalue weighted by Gasteiger charge is 2.01. The standard InChI is InChI=1S/C19H16ClNO3/c20-18-10-9-17(13-22)16(12-18)8-4-5-11-21-19(23)24-14-15-6-2-1-3-7-15/h1-3,6-7,9-10,12-13H,5,11,14H2,(H,21,23). The molecule has 5 heteroatoms. The summed E-state index contributed by atoms with van der Waals surface area (Å²) in [6.07, 6.45) is 0.683. The van der Waals surface area contributed by atoms with Gasteiger partial charge in [-0.3, -0.25) is 4.79 Å². The molecule has 0 radical (unpaired) electrons. The van der Waals surface area contributed by atoms with E-state index in [1.54, 1.807) is 18.2 Å². The van der Waals surface area contributed by atoms with Crippen LogP contribution in [-0.2, 0) is 11.3 Å². The number of alkyl carbamates (subject to hydrolysis) is 1. The number of hydrogen-bond acceptors (Lipinski definition) is 3. The van der Waals surface area contributed by atoms with E-state index in [0.29, 0.717) is 29.1 Å². The number of amides is 1. The van der Waals surface area contributed by atoms with Crippen LogP contribution in [0.25, 0.3) is 0 Å². The van der Waals surface area contributed by atoms with Gasteiger partial charge in [0.15, 0.2) is 6.29 Å². The molecule has 0 spiro atoms. The van der Waals surface area contributed by atoms with Gasteiger partial charge in [-0.1, -0.05) is 53.8 Å². The highest BCUT2D eigenvalue weighted by Crippen LogP contribution is 2.13. The first-order valence-electron chi connectivity index (χ1n) is 7.37. The summed E-state index contributed by atoms with van der Waals surface area (Å²) in [4.78, 5) is 22.5. The average molecular weight is 342 g/mol. The molecule has 2 aromatic rings. The van der Waals surface area contributed by atoms with Crippen LogP contribution in [0.5, 0.6) is 0 Å². The highest BCUT2D eigenvalue weighted by molar-refractivity contribution is 6.30. The second-order valence-electron chi connectivity index (χ2n) is 4.89. The van der Waals surface area contributed by atoms with Gasteiger partial charge in [-0.2, -0.15) is 0 Å². The molecule has 122 valence electrons. The second kappa shape index (κ2) is 9.39. The Morgan fingerprint density at radius 1 is 1.21 bits per heavy atom. The van der Waals surface area contributed by atoms with Crippen molar-refractivity contribution < 1.29 is 14.3 Å². The molecule has 2 aromatic carbocycles. The number of rotatable bonds is 5. The van der Waals surface area contributed by atoms with E-state index in [4.69, 9.17) is 16.3 Å². The van der Waals surface area contributed by atoms with Crippen LogP contribution in [-0.4, -0.2) is 18.9 Å². The zero-order valence-corrected chi connectivity index (χ0v) is 13.7. The molecule has 0 heterocycles. The molecule has 4 nitrogen and oxygen atoms in total. The predicted molar refractivity (Wildman–Crippen MR) is 93.0 cm³/mol. The van der Waals surface area contributed by atoms with Crippen LogP contribution in [0.15, 0.2) is 48.5 Å². The van der Waals surface area contributed by atoms with Crippen molar-refractivity contribution in [3.8, 4) is 11.8 Å². The summed E-state index contributed by atoms with van der Waals surface area (Å²) in [6, 6.07) is 14.3. The summed E-state index contributed by atoms with van der Waals surface area (Å²) >= 11 is 5.88. The molecule has 0 aromatic heterocycles. The van der Waals surface area contributed by atoms with Crippen LogP contribution in [0.3, 0.4) is 0 Å². The van der Waals surface area contributed by atoms with Crippen molar-refractivity contribution in [2.24, 2.45) is 0 Å². The number of halogens is 1. The quantitative estimate of drug-likeness (QED) is 0.511. The minimum absolute atomic E-state index is 0.226. The lowest BCUT2D eigenvalue weighted by molar-refractivity contribution is 0.112. The minimum Gasteiger partial charge on any atom is -0.445 e. The van der Waals surface area contributed by atoms with Crippen LogP contribution in [0.2, 0.25) is 5.02 Å². The van der Waals surface area contributed by atoms with Gasteiger partial charge in [-0.15, -0.1) is 0 Å². The van der Waals surface area contributed by atoms with Crippen molar-refractivity contribution in [2.75, 3.05) is 6.54 Å². The van der Waals surface area contributed by atoms with E-state index in [9.17, 15) is 9.59 Å². The maximum absolute atomic E-state index is 11.5. The molecule has 0 saturated carbocycles. The Balaban J connectivity index is 1.74.